The van der Waals surface area contributed by atoms with Crippen molar-refractivity contribution in [1.29, 1.82) is 0 Å². The van der Waals surface area contributed by atoms with Crippen LogP contribution in [0.5, 0.6) is 5.75 Å². The zero-order valence-electron chi connectivity index (χ0n) is 19.0. The van der Waals surface area contributed by atoms with Crippen LogP contribution >= 0.6 is 11.6 Å². The van der Waals surface area contributed by atoms with Crippen LogP contribution in [-0.2, 0) is 17.8 Å². The Bertz CT molecular complexity index is 1380. The number of primary amides is 1. The topological polar surface area (TPSA) is 94.6 Å². The predicted octanol–water partition coefficient (Wildman–Crippen LogP) is 5.79. The molecule has 0 saturated heterocycles. The Morgan fingerprint density at radius 2 is 1.79 bits per heavy atom. The van der Waals surface area contributed by atoms with Gasteiger partial charge in [-0.3, -0.25) is 4.79 Å². The number of unbranched alkanes of at least 4 members (excludes halogenated alkanes) is 2. The molecule has 0 saturated carbocycles. The third-order valence-corrected chi connectivity index (χ3v) is 6.17. The van der Waals surface area contributed by atoms with Crippen molar-refractivity contribution in [1.82, 2.24) is 4.57 Å². The van der Waals surface area contributed by atoms with Gasteiger partial charge in [0.2, 0.25) is 5.91 Å². The summed E-state index contributed by atoms with van der Waals surface area (Å²) in [4.78, 5) is 23.7. The lowest BCUT2D eigenvalue weighted by molar-refractivity contribution is -0.139. The molecule has 34 heavy (non-hydrogen) atoms. The molecule has 4 aromatic rings. The number of aryl methyl sites for hydroxylation is 1. The van der Waals surface area contributed by atoms with Crippen LogP contribution in [0, 0.1) is 0 Å². The number of ether oxygens (including phenoxy) is 1. The van der Waals surface area contributed by atoms with Gasteiger partial charge in [-0.1, -0.05) is 49.6 Å². The lowest BCUT2D eigenvalue weighted by Gasteiger charge is -2.12. The molecule has 0 fully saturated rings. The second-order valence-corrected chi connectivity index (χ2v) is 8.84. The molecular weight excluding hydrogens is 452 g/mol. The summed E-state index contributed by atoms with van der Waals surface area (Å²) in [5.74, 6) is -1.18. The molecule has 3 N–H and O–H groups in total. The molecule has 1 aromatic heterocycles. The summed E-state index contributed by atoms with van der Waals surface area (Å²) in [7, 11) is 0. The molecule has 4 rings (SSSR count). The van der Waals surface area contributed by atoms with E-state index in [0.717, 1.165) is 47.8 Å². The van der Waals surface area contributed by atoms with Crippen LogP contribution in [0.2, 0.25) is 5.02 Å². The largest absolute Gasteiger partial charge is 0.481 e. The number of carbonyl (C=O) groups is 2. The fourth-order valence-corrected chi connectivity index (χ4v) is 4.66. The Hall–Kier alpha value is -3.51. The average Bonchev–Trinajstić information content (AvgIpc) is 3.11. The zero-order chi connectivity index (χ0) is 24.2. The highest BCUT2D eigenvalue weighted by Gasteiger charge is 2.21. The molecule has 176 valence electrons. The number of benzene rings is 3. The maximum absolute atomic E-state index is 12.4. The van der Waals surface area contributed by atoms with Crippen LogP contribution in [0.4, 0.5) is 0 Å². The van der Waals surface area contributed by atoms with Gasteiger partial charge in [0.05, 0.1) is 16.4 Å². The van der Waals surface area contributed by atoms with Gasteiger partial charge in [0.25, 0.3) is 0 Å². The summed E-state index contributed by atoms with van der Waals surface area (Å²) in [6, 6.07) is 17.0. The molecule has 7 heteroatoms. The Morgan fingerprint density at radius 3 is 2.50 bits per heavy atom. The molecule has 1 heterocycles. The highest BCUT2D eigenvalue weighted by Crippen LogP contribution is 2.39. The quantitative estimate of drug-likeness (QED) is 0.282. The first-order valence-electron chi connectivity index (χ1n) is 11.4. The van der Waals surface area contributed by atoms with Crippen molar-refractivity contribution in [2.75, 3.05) is 6.61 Å². The minimum Gasteiger partial charge on any atom is -0.481 e. The molecule has 0 atom stereocenters. The number of nitrogens with zero attached hydrogens (tertiary/aromatic N) is 1. The van der Waals surface area contributed by atoms with E-state index in [-0.39, 0.29) is 0 Å². The number of halogens is 1. The summed E-state index contributed by atoms with van der Waals surface area (Å²) in [5.41, 5.74) is 9.83. The van der Waals surface area contributed by atoms with Crippen molar-refractivity contribution >= 4 is 45.3 Å². The van der Waals surface area contributed by atoms with E-state index in [0.29, 0.717) is 33.7 Å². The summed E-state index contributed by atoms with van der Waals surface area (Å²) in [6.45, 7) is 2.19. The number of aliphatic carboxylic acids is 1. The third kappa shape index (κ3) is 4.87. The standard InChI is InChI=1S/C27H27ClN2O4/c1-2-3-4-7-17-13-22-26(23(14-17)34-16-24(31)32)25-20(27(29)33)10-6-11-21(25)30(22)15-18-8-5-9-19(28)12-18/h5-6,8-14H,2-4,7,15-16H2,1H3,(H2,29,33)(H,31,32). The number of hydrogen-bond acceptors (Lipinski definition) is 3. The first-order valence-corrected chi connectivity index (χ1v) is 11.7. The summed E-state index contributed by atoms with van der Waals surface area (Å²) in [5, 5.41) is 11.2. The van der Waals surface area contributed by atoms with Crippen molar-refractivity contribution in [2.45, 2.75) is 39.2 Å². The third-order valence-electron chi connectivity index (χ3n) is 5.93. The molecule has 0 aliphatic heterocycles. The van der Waals surface area contributed by atoms with Crippen molar-refractivity contribution in [2.24, 2.45) is 5.73 Å². The molecule has 0 radical (unpaired) electrons. The highest BCUT2D eigenvalue weighted by atomic mass is 35.5. The molecule has 0 aliphatic rings. The second kappa shape index (κ2) is 10.2. The molecule has 0 spiro atoms. The smallest absolute Gasteiger partial charge is 0.341 e. The van der Waals surface area contributed by atoms with Crippen LogP contribution < -0.4 is 10.5 Å². The SMILES string of the molecule is CCCCCc1cc(OCC(=O)O)c2c3c(C(N)=O)cccc3n(Cc3cccc(Cl)c3)c2c1. The van der Waals surface area contributed by atoms with E-state index in [9.17, 15) is 14.7 Å². The lowest BCUT2D eigenvalue weighted by Crippen LogP contribution is -2.12. The first-order chi connectivity index (χ1) is 16.4. The number of rotatable bonds is 10. The molecule has 6 nitrogen and oxygen atoms in total. The van der Waals surface area contributed by atoms with E-state index >= 15 is 0 Å². The van der Waals surface area contributed by atoms with Gasteiger partial charge in [0.1, 0.15) is 5.75 Å². The van der Waals surface area contributed by atoms with Gasteiger partial charge < -0.3 is 20.1 Å². The summed E-state index contributed by atoms with van der Waals surface area (Å²) >= 11 is 6.23. The lowest BCUT2D eigenvalue weighted by atomic mass is 10.0. The number of aromatic nitrogens is 1. The van der Waals surface area contributed by atoms with Gasteiger partial charge in [-0.15, -0.1) is 0 Å². The van der Waals surface area contributed by atoms with Crippen molar-refractivity contribution in [3.8, 4) is 5.75 Å². The van der Waals surface area contributed by atoms with Gasteiger partial charge in [0.15, 0.2) is 6.61 Å². The van der Waals surface area contributed by atoms with E-state index in [1.54, 1.807) is 12.1 Å². The van der Waals surface area contributed by atoms with E-state index in [2.05, 4.69) is 17.6 Å². The molecule has 0 aliphatic carbocycles. The first kappa shape index (κ1) is 23.6. The Balaban J connectivity index is 2.01. The second-order valence-electron chi connectivity index (χ2n) is 8.41. The van der Waals surface area contributed by atoms with Crippen LogP contribution in [0.15, 0.2) is 54.6 Å². The fraction of sp³-hybridized carbons (Fsp3) is 0.259. The zero-order valence-corrected chi connectivity index (χ0v) is 19.8. The van der Waals surface area contributed by atoms with E-state index < -0.39 is 18.5 Å². The number of fused-ring (bicyclic) bond motifs is 3. The molecule has 3 aromatic carbocycles. The van der Waals surface area contributed by atoms with E-state index in [1.165, 1.54) is 0 Å². The Morgan fingerprint density at radius 1 is 1.00 bits per heavy atom. The van der Waals surface area contributed by atoms with Crippen molar-refractivity contribution in [3.05, 3.63) is 76.3 Å². The van der Waals surface area contributed by atoms with E-state index in [4.69, 9.17) is 22.1 Å². The van der Waals surface area contributed by atoms with Crippen LogP contribution in [0.1, 0.15) is 47.7 Å². The van der Waals surface area contributed by atoms with Crippen LogP contribution in [0.25, 0.3) is 21.8 Å². The average molecular weight is 479 g/mol. The maximum Gasteiger partial charge on any atom is 0.341 e. The number of carboxylic acids is 1. The van der Waals surface area contributed by atoms with Crippen LogP contribution in [-0.4, -0.2) is 28.2 Å². The highest BCUT2D eigenvalue weighted by molar-refractivity contribution is 6.30. The Labute approximate surface area is 202 Å². The van der Waals surface area contributed by atoms with Gasteiger partial charge in [0, 0.05) is 22.5 Å². The Kier molecular flexibility index (Phi) is 7.08. The molecule has 1 amide bonds. The number of amides is 1. The van der Waals surface area contributed by atoms with Crippen molar-refractivity contribution < 1.29 is 19.4 Å². The molecular formula is C27H27ClN2O4. The monoisotopic (exact) mass is 478 g/mol. The molecule has 0 unspecified atom stereocenters. The number of nitrogens with two attached hydrogens (primary N) is 1. The number of carboxylic acid groups (broad SMARTS) is 1. The summed E-state index contributed by atoms with van der Waals surface area (Å²) < 4.78 is 7.88. The van der Waals surface area contributed by atoms with Crippen LogP contribution in [0.3, 0.4) is 0 Å². The fourth-order valence-electron chi connectivity index (χ4n) is 4.45. The minimum atomic E-state index is -1.07. The van der Waals surface area contributed by atoms with Gasteiger partial charge in [-0.05, 0) is 60.4 Å². The van der Waals surface area contributed by atoms with E-state index in [1.807, 2.05) is 36.4 Å². The normalized spacial score (nSPS) is 11.2. The summed E-state index contributed by atoms with van der Waals surface area (Å²) in [6.07, 6.45) is 4.05. The van der Waals surface area contributed by atoms with Gasteiger partial charge >= 0.3 is 5.97 Å². The predicted molar refractivity (Wildman–Crippen MR) is 135 cm³/mol. The molecule has 0 bridgehead atoms. The maximum atomic E-state index is 12.4. The van der Waals surface area contributed by atoms with Gasteiger partial charge in [-0.2, -0.15) is 0 Å². The van der Waals surface area contributed by atoms with Crippen molar-refractivity contribution in [3.63, 3.8) is 0 Å². The van der Waals surface area contributed by atoms with Gasteiger partial charge in [-0.25, -0.2) is 4.79 Å². The number of carbonyl (C=O) groups excluding carboxylic acids is 1. The minimum absolute atomic E-state index is 0.367. The number of hydrogen-bond donors (Lipinski definition) is 2.